The molecule has 1 aromatic heterocycles. The molecular formula is C22H23GaNO2. The Morgan fingerprint density at radius 1 is 0.923 bits per heavy atom. The average molecular weight is 403 g/mol. The van der Waals surface area contributed by atoms with Crippen LogP contribution in [0.15, 0.2) is 54.7 Å². The van der Waals surface area contributed by atoms with Crippen LogP contribution in [0.3, 0.4) is 0 Å². The van der Waals surface area contributed by atoms with Crippen molar-refractivity contribution in [2.24, 2.45) is 0 Å². The summed E-state index contributed by atoms with van der Waals surface area (Å²) in [7, 11) is 0. The first-order valence-corrected chi connectivity index (χ1v) is 11.4. The van der Waals surface area contributed by atoms with Gasteiger partial charge in [0.25, 0.3) is 0 Å². The summed E-state index contributed by atoms with van der Waals surface area (Å²) >= 11 is -1.34. The van der Waals surface area contributed by atoms with E-state index in [-0.39, 0.29) is 0 Å². The van der Waals surface area contributed by atoms with Gasteiger partial charge in [0.15, 0.2) is 0 Å². The molecule has 1 aliphatic carbocycles. The average Bonchev–Trinajstić information content (AvgIpc) is 2.71. The van der Waals surface area contributed by atoms with Crippen LogP contribution in [-0.2, 0) is 0 Å². The van der Waals surface area contributed by atoms with E-state index >= 15 is 0 Å². The van der Waals surface area contributed by atoms with Crippen LogP contribution in [0.2, 0.25) is 0 Å². The maximum atomic E-state index is 6.07. The number of aryl methyl sites for hydroxylation is 1. The van der Waals surface area contributed by atoms with E-state index in [1.54, 1.807) is 0 Å². The molecule has 0 bridgehead atoms. The first kappa shape index (κ1) is 17.5. The molecule has 0 atom stereocenters. The summed E-state index contributed by atoms with van der Waals surface area (Å²) in [6.45, 7) is 2.06. The number of aromatic nitrogens is 1. The van der Waals surface area contributed by atoms with Gasteiger partial charge in [-0.3, -0.25) is 0 Å². The van der Waals surface area contributed by atoms with Crippen LogP contribution in [0.1, 0.15) is 49.1 Å². The van der Waals surface area contributed by atoms with Crippen molar-refractivity contribution >= 4 is 29.0 Å². The molecular weight excluding hydrogens is 380 g/mol. The minimum atomic E-state index is -1.34. The Kier molecular flexibility index (Phi) is 5.51. The number of hydrogen-bond donors (Lipinski definition) is 0. The van der Waals surface area contributed by atoms with E-state index in [0.29, 0.717) is 0 Å². The van der Waals surface area contributed by atoms with E-state index < -0.39 is 18.1 Å². The fraction of sp³-hybridized carbons (Fsp3) is 0.318. The van der Waals surface area contributed by atoms with Gasteiger partial charge in [-0.2, -0.15) is 0 Å². The first-order valence-electron chi connectivity index (χ1n) is 9.40. The zero-order valence-corrected chi connectivity index (χ0v) is 17.6. The van der Waals surface area contributed by atoms with Gasteiger partial charge in [0, 0.05) is 0 Å². The Balaban J connectivity index is 1.40. The van der Waals surface area contributed by atoms with Crippen LogP contribution in [0.5, 0.6) is 11.5 Å². The third kappa shape index (κ3) is 3.91. The Bertz CT molecular complexity index is 873. The molecule has 26 heavy (non-hydrogen) atoms. The van der Waals surface area contributed by atoms with Gasteiger partial charge in [-0.05, 0) is 0 Å². The molecule has 0 aliphatic heterocycles. The minimum absolute atomic E-state index is 0.734. The molecule has 4 rings (SSSR count). The number of rotatable bonds is 5. The van der Waals surface area contributed by atoms with Crippen molar-refractivity contribution in [1.82, 2.24) is 4.98 Å². The number of pyridine rings is 1. The predicted octanol–water partition coefficient (Wildman–Crippen LogP) is 5.58. The second kappa shape index (κ2) is 8.19. The third-order valence-corrected chi connectivity index (χ3v) is 6.70. The van der Waals surface area contributed by atoms with E-state index in [1.807, 2.05) is 12.3 Å². The summed E-state index contributed by atoms with van der Waals surface area (Å²) < 4.78 is 12.0. The Hall–Kier alpha value is -1.91. The van der Waals surface area contributed by atoms with Crippen molar-refractivity contribution in [1.29, 1.82) is 0 Å². The van der Waals surface area contributed by atoms with E-state index in [1.165, 1.54) is 37.7 Å². The van der Waals surface area contributed by atoms with Gasteiger partial charge in [-0.25, -0.2) is 0 Å². The van der Waals surface area contributed by atoms with Gasteiger partial charge in [0.05, 0.1) is 0 Å². The van der Waals surface area contributed by atoms with Crippen LogP contribution in [0.4, 0.5) is 0 Å². The van der Waals surface area contributed by atoms with Gasteiger partial charge >= 0.3 is 163 Å². The molecule has 0 amide bonds. The van der Waals surface area contributed by atoms with E-state index in [2.05, 4.69) is 54.4 Å². The fourth-order valence-corrected chi connectivity index (χ4v) is 5.24. The number of nitrogens with zero attached hydrogens (tertiary/aromatic N) is 1. The number of benzene rings is 2. The molecule has 3 aromatic rings. The maximum absolute atomic E-state index is 6.07. The second-order valence-electron chi connectivity index (χ2n) is 7.02. The molecule has 0 spiro atoms. The number of fused-ring (bicyclic) bond motifs is 1. The predicted molar refractivity (Wildman–Crippen MR) is 106 cm³/mol. The van der Waals surface area contributed by atoms with Crippen LogP contribution in [0, 0.1) is 6.92 Å². The van der Waals surface area contributed by atoms with E-state index in [9.17, 15) is 0 Å². The quantitative estimate of drug-likeness (QED) is 0.521. The van der Waals surface area contributed by atoms with Crippen molar-refractivity contribution < 1.29 is 7.06 Å². The summed E-state index contributed by atoms with van der Waals surface area (Å²) in [5.41, 5.74) is 3.47. The Morgan fingerprint density at radius 3 is 2.54 bits per heavy atom. The Morgan fingerprint density at radius 2 is 1.73 bits per heavy atom. The van der Waals surface area contributed by atoms with Gasteiger partial charge in [0.2, 0.25) is 0 Å². The van der Waals surface area contributed by atoms with E-state index in [4.69, 9.17) is 7.06 Å². The molecule has 0 saturated heterocycles. The van der Waals surface area contributed by atoms with Crippen molar-refractivity contribution in [3.63, 3.8) is 0 Å². The molecule has 3 nitrogen and oxygen atoms in total. The fourth-order valence-electron chi connectivity index (χ4n) is 3.75. The molecule has 1 saturated carbocycles. The van der Waals surface area contributed by atoms with Gasteiger partial charge in [-0.1, -0.05) is 0 Å². The Labute approximate surface area is 163 Å². The zero-order valence-electron chi connectivity index (χ0n) is 15.2. The SMILES string of the molecule is Cc1ccc2cccnc2c1[O][Ga][O]c1ccc(C2CCCCC2)cc1. The van der Waals surface area contributed by atoms with Gasteiger partial charge in [0.1, 0.15) is 0 Å². The molecule has 1 heterocycles. The number of hydrogen-bond acceptors (Lipinski definition) is 3. The van der Waals surface area contributed by atoms with E-state index in [0.717, 1.165) is 33.9 Å². The molecule has 0 unspecified atom stereocenters. The van der Waals surface area contributed by atoms with Crippen LogP contribution < -0.4 is 7.06 Å². The summed E-state index contributed by atoms with van der Waals surface area (Å²) in [4.78, 5) is 4.48. The zero-order chi connectivity index (χ0) is 17.8. The summed E-state index contributed by atoms with van der Waals surface area (Å²) in [6.07, 6.45) is 8.58. The van der Waals surface area contributed by atoms with Gasteiger partial charge in [-0.15, -0.1) is 0 Å². The van der Waals surface area contributed by atoms with Crippen molar-refractivity contribution in [2.75, 3.05) is 0 Å². The normalized spacial score (nSPS) is 15.0. The monoisotopic (exact) mass is 402 g/mol. The summed E-state index contributed by atoms with van der Waals surface area (Å²) in [5, 5.41) is 1.10. The molecule has 1 fully saturated rings. The molecule has 1 aliphatic rings. The van der Waals surface area contributed by atoms with Crippen LogP contribution in [0.25, 0.3) is 10.9 Å². The molecule has 0 N–H and O–H groups in total. The molecule has 1 radical (unpaired) electrons. The summed E-state index contributed by atoms with van der Waals surface area (Å²) in [6, 6.07) is 16.8. The topological polar surface area (TPSA) is 31.4 Å². The van der Waals surface area contributed by atoms with Crippen LogP contribution >= 0.6 is 0 Å². The second-order valence-corrected chi connectivity index (χ2v) is 8.42. The van der Waals surface area contributed by atoms with Gasteiger partial charge < -0.3 is 0 Å². The molecule has 4 heteroatoms. The molecule has 2 aromatic carbocycles. The summed E-state index contributed by atoms with van der Waals surface area (Å²) in [5.74, 6) is 2.51. The third-order valence-electron chi connectivity index (χ3n) is 5.23. The first-order chi connectivity index (χ1) is 12.8. The standard InChI is InChI=1S/C12H16O.C10H9NO.Ga/c13-12-8-6-11(7-9-12)10-4-2-1-3-5-10;1-7-4-5-8-3-2-6-11-9(8)10(7)12;/h6-10,13H,1-5H2;2-6,12H,1H3;/q;;+2/p-2. The van der Waals surface area contributed by atoms with Crippen molar-refractivity contribution in [2.45, 2.75) is 44.9 Å². The molecule has 131 valence electrons. The van der Waals surface area contributed by atoms with Crippen molar-refractivity contribution in [3.8, 4) is 11.5 Å². The van der Waals surface area contributed by atoms with Crippen molar-refractivity contribution in [3.05, 3.63) is 65.9 Å². The van der Waals surface area contributed by atoms with Crippen LogP contribution in [-0.4, -0.2) is 23.1 Å².